The molecule has 1 N–H and O–H groups in total. The van der Waals surface area contributed by atoms with Crippen molar-refractivity contribution in [3.63, 3.8) is 0 Å². The maximum atomic E-state index is 14.9. The first-order valence-electron chi connectivity index (χ1n) is 14.5. The molecule has 1 aliphatic heterocycles. The van der Waals surface area contributed by atoms with Crippen LogP contribution in [0, 0.1) is 12.7 Å². The van der Waals surface area contributed by atoms with Gasteiger partial charge in [0.15, 0.2) is 0 Å². The number of fused-ring (bicyclic) bond motifs is 2. The van der Waals surface area contributed by atoms with Crippen LogP contribution in [0.3, 0.4) is 0 Å². The van der Waals surface area contributed by atoms with E-state index in [0.29, 0.717) is 33.9 Å². The van der Waals surface area contributed by atoms with Gasteiger partial charge in [-0.25, -0.2) is 4.39 Å². The highest BCUT2D eigenvalue weighted by molar-refractivity contribution is 6.32. The minimum Gasteiger partial charge on any atom is -0.456 e. The summed E-state index contributed by atoms with van der Waals surface area (Å²) in [5, 5.41) is 3.23. The number of anilines is 1. The predicted molar refractivity (Wildman–Crippen MR) is 164 cm³/mol. The second-order valence-electron chi connectivity index (χ2n) is 11.0. The van der Waals surface area contributed by atoms with E-state index in [4.69, 9.17) is 4.74 Å². The number of benzene rings is 4. The average Bonchev–Trinajstić information content (AvgIpc) is 3.18. The maximum Gasteiger partial charge on any atom is 0.260 e. The monoisotopic (exact) mass is 560 g/mol. The molecule has 1 fully saturated rings. The van der Waals surface area contributed by atoms with Crippen molar-refractivity contribution in [3.8, 4) is 11.5 Å². The fraction of sp³-hybridized carbons (Fsp3) is 0.222. The molecule has 1 unspecified atom stereocenters. The highest BCUT2D eigenvalue weighted by Crippen LogP contribution is 2.41. The Morgan fingerprint density at radius 1 is 0.833 bits per heavy atom. The third-order valence-corrected chi connectivity index (χ3v) is 8.02. The van der Waals surface area contributed by atoms with Crippen LogP contribution in [0.2, 0.25) is 0 Å². The molecule has 0 saturated heterocycles. The molecule has 1 heterocycles. The minimum atomic E-state index is -1.03. The number of para-hydroxylation sites is 2. The lowest BCUT2D eigenvalue weighted by Gasteiger charge is -2.34. The van der Waals surface area contributed by atoms with Gasteiger partial charge in [0.2, 0.25) is 5.91 Å². The average molecular weight is 561 g/mol. The molecule has 6 rings (SSSR count). The van der Waals surface area contributed by atoms with E-state index in [2.05, 4.69) is 5.32 Å². The zero-order chi connectivity index (χ0) is 29.1. The number of ether oxygens (including phenoxy) is 1. The third kappa shape index (κ3) is 5.70. The van der Waals surface area contributed by atoms with Crippen LogP contribution in [-0.2, 0) is 9.59 Å². The smallest absolute Gasteiger partial charge is 0.260 e. The summed E-state index contributed by atoms with van der Waals surface area (Å²) >= 11 is 0. The Labute approximate surface area is 245 Å². The van der Waals surface area contributed by atoms with Gasteiger partial charge >= 0.3 is 0 Å². The number of carbonyl (C=O) groups excluding carboxylic acids is 2. The lowest BCUT2D eigenvalue weighted by molar-refractivity contribution is -0.125. The van der Waals surface area contributed by atoms with Crippen LogP contribution in [-0.4, -0.2) is 17.9 Å². The van der Waals surface area contributed by atoms with Crippen LogP contribution in [0.5, 0.6) is 11.5 Å². The van der Waals surface area contributed by atoms with E-state index >= 15 is 0 Å². The molecule has 6 heteroatoms. The molecule has 42 heavy (non-hydrogen) atoms. The van der Waals surface area contributed by atoms with Gasteiger partial charge in [-0.15, -0.1) is 0 Å². The quantitative estimate of drug-likeness (QED) is 0.260. The Morgan fingerprint density at radius 3 is 2.24 bits per heavy atom. The van der Waals surface area contributed by atoms with Gasteiger partial charge in [0.25, 0.3) is 5.91 Å². The molecule has 2 aliphatic rings. The molecule has 4 aromatic carbocycles. The molecule has 0 radical (unpaired) electrons. The van der Waals surface area contributed by atoms with E-state index < -0.39 is 11.9 Å². The van der Waals surface area contributed by atoms with Gasteiger partial charge in [-0.1, -0.05) is 85.5 Å². The fourth-order valence-corrected chi connectivity index (χ4v) is 5.81. The third-order valence-electron chi connectivity index (χ3n) is 8.02. The number of carbonyl (C=O) groups is 2. The van der Waals surface area contributed by atoms with Gasteiger partial charge in [0.1, 0.15) is 23.4 Å². The van der Waals surface area contributed by atoms with Crippen molar-refractivity contribution in [1.29, 1.82) is 0 Å². The maximum absolute atomic E-state index is 14.9. The molecule has 2 amide bonds. The molecule has 4 aromatic rings. The van der Waals surface area contributed by atoms with Gasteiger partial charge in [-0.05, 0) is 67.8 Å². The first kappa shape index (κ1) is 27.5. The molecule has 0 aromatic heterocycles. The molecule has 5 nitrogen and oxygen atoms in total. The summed E-state index contributed by atoms with van der Waals surface area (Å²) in [7, 11) is 0. The van der Waals surface area contributed by atoms with Gasteiger partial charge in [0, 0.05) is 22.9 Å². The lowest BCUT2D eigenvalue weighted by atomic mass is 9.94. The number of rotatable bonds is 6. The number of amides is 2. The lowest BCUT2D eigenvalue weighted by Crippen LogP contribution is -2.47. The van der Waals surface area contributed by atoms with Crippen molar-refractivity contribution in [2.45, 2.75) is 51.1 Å². The summed E-state index contributed by atoms with van der Waals surface area (Å²) in [6.07, 6.45) is 6.87. The van der Waals surface area contributed by atoms with E-state index in [0.717, 1.165) is 43.2 Å². The summed E-state index contributed by atoms with van der Waals surface area (Å²) in [5.74, 6) is 0.129. The van der Waals surface area contributed by atoms with Gasteiger partial charge in [-0.2, -0.15) is 0 Å². The summed E-state index contributed by atoms with van der Waals surface area (Å²) < 4.78 is 20.3. The molecule has 0 spiro atoms. The Bertz CT molecular complexity index is 1620. The summed E-state index contributed by atoms with van der Waals surface area (Å²) in [5.41, 5.74) is 3.90. The van der Waals surface area contributed by atoms with Crippen molar-refractivity contribution in [1.82, 2.24) is 5.32 Å². The Kier molecular flexibility index (Phi) is 7.87. The molecule has 1 aliphatic carbocycles. The highest BCUT2D eigenvalue weighted by atomic mass is 19.1. The Hall–Kier alpha value is -4.71. The van der Waals surface area contributed by atoms with E-state index in [1.807, 2.05) is 85.8 Å². The molecular formula is C36H33FN2O3. The molecule has 1 atom stereocenters. The second-order valence-corrected chi connectivity index (χ2v) is 11.0. The van der Waals surface area contributed by atoms with Gasteiger partial charge in [0.05, 0.1) is 5.57 Å². The van der Waals surface area contributed by atoms with Crippen LogP contribution in [0.1, 0.15) is 60.4 Å². The van der Waals surface area contributed by atoms with Crippen molar-refractivity contribution < 1.29 is 18.7 Å². The highest BCUT2D eigenvalue weighted by Gasteiger charge is 2.37. The summed E-state index contributed by atoms with van der Waals surface area (Å²) in [6, 6.07) is 27.4. The molecular weight excluding hydrogens is 527 g/mol. The van der Waals surface area contributed by atoms with Crippen molar-refractivity contribution in [3.05, 3.63) is 125 Å². The van der Waals surface area contributed by atoms with Crippen molar-refractivity contribution in [2.75, 3.05) is 4.90 Å². The van der Waals surface area contributed by atoms with E-state index in [9.17, 15) is 14.0 Å². The topological polar surface area (TPSA) is 58.6 Å². The first-order valence-corrected chi connectivity index (χ1v) is 14.5. The SMILES string of the molecule is Cc1ccc(N(C(=O)C2=Cc3ccccc3Oc3ccccc32)C(C(=O)NC2CCCCC2)c2ccc(F)cc2)cc1. The number of hydrogen-bond donors (Lipinski definition) is 1. The number of halogens is 1. The van der Waals surface area contributed by atoms with E-state index in [1.54, 1.807) is 17.0 Å². The number of nitrogens with one attached hydrogen (secondary N) is 1. The molecule has 1 saturated carbocycles. The van der Waals surface area contributed by atoms with Crippen LogP contribution < -0.4 is 15.0 Å². The van der Waals surface area contributed by atoms with Gasteiger partial charge < -0.3 is 10.1 Å². The summed E-state index contributed by atoms with van der Waals surface area (Å²) in [4.78, 5) is 30.7. The Morgan fingerprint density at radius 2 is 1.50 bits per heavy atom. The minimum absolute atomic E-state index is 0.0299. The van der Waals surface area contributed by atoms with Crippen LogP contribution >= 0.6 is 0 Å². The number of nitrogens with zero attached hydrogens (tertiary/aromatic N) is 1. The fourth-order valence-electron chi connectivity index (χ4n) is 5.81. The molecule has 212 valence electrons. The van der Waals surface area contributed by atoms with Crippen molar-refractivity contribution >= 4 is 29.2 Å². The van der Waals surface area contributed by atoms with E-state index in [1.165, 1.54) is 12.1 Å². The van der Waals surface area contributed by atoms with Crippen LogP contribution in [0.15, 0.2) is 97.1 Å². The normalized spacial score (nSPS) is 15.2. The zero-order valence-electron chi connectivity index (χ0n) is 23.6. The van der Waals surface area contributed by atoms with Gasteiger partial charge in [-0.3, -0.25) is 14.5 Å². The number of aryl methyl sites for hydroxylation is 1. The largest absolute Gasteiger partial charge is 0.456 e. The standard InChI is InChI=1S/C36H33FN2O3/c1-24-15-21-29(22-16-24)39(34(25-17-19-27(37)20-18-25)35(40)38-28-10-3-2-4-11-28)36(41)31-23-26-9-5-7-13-32(26)42-33-14-8-6-12-30(31)33/h5-9,12-23,28,34H,2-4,10-11H2,1H3,(H,38,40). The zero-order valence-corrected chi connectivity index (χ0v) is 23.6. The predicted octanol–water partition coefficient (Wildman–Crippen LogP) is 8.00. The van der Waals surface area contributed by atoms with Crippen molar-refractivity contribution in [2.24, 2.45) is 0 Å². The van der Waals surface area contributed by atoms with Crippen LogP contribution in [0.25, 0.3) is 11.6 Å². The van der Waals surface area contributed by atoms with Crippen LogP contribution in [0.4, 0.5) is 10.1 Å². The van der Waals surface area contributed by atoms with E-state index in [-0.39, 0.29) is 17.9 Å². The first-order chi connectivity index (χ1) is 20.5. The molecule has 0 bridgehead atoms. The summed E-state index contributed by atoms with van der Waals surface area (Å²) in [6.45, 7) is 1.97. The Balaban J connectivity index is 1.51. The number of hydrogen-bond acceptors (Lipinski definition) is 3. The second kappa shape index (κ2) is 12.0.